The lowest BCUT2D eigenvalue weighted by Gasteiger charge is -2.26. The van der Waals surface area contributed by atoms with Gasteiger partial charge in [0.25, 0.3) is 11.8 Å². The number of carbonyl (C=O) groups excluding carboxylic acids is 4. The number of carbonyl (C=O) groups is 4. The second kappa shape index (κ2) is 10.3. The summed E-state index contributed by atoms with van der Waals surface area (Å²) in [7, 11) is 2.87. The van der Waals surface area contributed by atoms with Crippen molar-refractivity contribution in [1.29, 1.82) is 0 Å². The van der Waals surface area contributed by atoms with Crippen molar-refractivity contribution < 1.29 is 33.4 Å². The molecule has 1 aliphatic rings. The average Bonchev–Trinajstić information content (AvgIpc) is 2.88. The maximum Gasteiger partial charge on any atom is 0.343 e. The molecule has 4 rings (SSSR count). The molecule has 0 radical (unpaired) electrons. The molecule has 0 aliphatic carbocycles. The predicted octanol–water partition coefficient (Wildman–Crippen LogP) is 4.24. The maximum absolute atomic E-state index is 13.1. The van der Waals surface area contributed by atoms with Gasteiger partial charge in [0, 0.05) is 5.02 Å². The highest BCUT2D eigenvalue weighted by atomic mass is 35.5. The van der Waals surface area contributed by atoms with E-state index >= 15 is 0 Å². The molecule has 1 heterocycles. The smallest absolute Gasteiger partial charge is 0.343 e. The van der Waals surface area contributed by atoms with E-state index in [2.05, 4.69) is 5.32 Å². The molecule has 3 aromatic carbocycles. The normalized spacial score (nSPS) is 14.5. The lowest BCUT2D eigenvalue weighted by molar-refractivity contribution is -0.122. The predicted molar refractivity (Wildman–Crippen MR) is 131 cm³/mol. The Balaban J connectivity index is 1.60. The summed E-state index contributed by atoms with van der Waals surface area (Å²) in [6.45, 7) is 0. The Bertz CT molecular complexity index is 1380. The van der Waals surface area contributed by atoms with Crippen LogP contribution in [0.25, 0.3) is 6.08 Å². The third kappa shape index (κ3) is 5.06. The molecule has 9 nitrogen and oxygen atoms in total. The van der Waals surface area contributed by atoms with Gasteiger partial charge in [-0.15, -0.1) is 0 Å². The van der Waals surface area contributed by atoms with Crippen LogP contribution in [0.15, 0.2) is 72.3 Å². The van der Waals surface area contributed by atoms with E-state index in [0.717, 1.165) is 4.90 Å². The molecule has 182 valence electrons. The summed E-state index contributed by atoms with van der Waals surface area (Å²) in [6.07, 6.45) is 1.31. The number of benzene rings is 3. The highest BCUT2D eigenvalue weighted by Gasteiger charge is 2.36. The maximum atomic E-state index is 13.1. The van der Waals surface area contributed by atoms with E-state index in [9.17, 15) is 19.2 Å². The van der Waals surface area contributed by atoms with Crippen LogP contribution < -0.4 is 24.4 Å². The van der Waals surface area contributed by atoms with Gasteiger partial charge in [-0.3, -0.25) is 14.9 Å². The molecule has 0 atom stereocenters. The number of halogens is 1. The standard InChI is InChI=1S/C26H19ClN2O7/c1-34-19-10-8-18(9-11-19)29-24(31)20(23(30)28-26(29)33)13-15-3-12-21(22(14-15)35-2)36-25(32)16-4-6-17(27)7-5-16/h3-14H,1-2H3,(H,28,30,33)/b20-13+. The van der Waals surface area contributed by atoms with Crippen LogP contribution >= 0.6 is 11.6 Å². The second-order valence-corrected chi connectivity index (χ2v) is 7.90. The zero-order valence-corrected chi connectivity index (χ0v) is 19.9. The number of barbiturate groups is 1. The van der Waals surface area contributed by atoms with Crippen LogP contribution in [0.1, 0.15) is 15.9 Å². The minimum Gasteiger partial charge on any atom is -0.497 e. The van der Waals surface area contributed by atoms with Crippen LogP contribution in [0.2, 0.25) is 5.02 Å². The van der Waals surface area contributed by atoms with Gasteiger partial charge in [0.15, 0.2) is 11.5 Å². The number of nitrogens with one attached hydrogen (secondary N) is 1. The van der Waals surface area contributed by atoms with Gasteiger partial charge in [0.1, 0.15) is 11.3 Å². The Kier molecular flexibility index (Phi) is 7.03. The van der Waals surface area contributed by atoms with Gasteiger partial charge in [0.2, 0.25) is 0 Å². The Hall–Kier alpha value is -4.63. The summed E-state index contributed by atoms with van der Waals surface area (Å²) in [5.74, 6) is -1.39. The number of amides is 4. The van der Waals surface area contributed by atoms with Crippen LogP contribution in [0.5, 0.6) is 17.2 Å². The number of esters is 1. The molecule has 0 unspecified atom stereocenters. The van der Waals surface area contributed by atoms with Crippen LogP contribution in [-0.2, 0) is 9.59 Å². The van der Waals surface area contributed by atoms with E-state index in [1.807, 2.05) is 0 Å². The number of anilines is 1. The van der Waals surface area contributed by atoms with Gasteiger partial charge in [-0.1, -0.05) is 17.7 Å². The molecule has 0 aromatic heterocycles. The molecule has 1 fully saturated rings. The van der Waals surface area contributed by atoms with Crippen molar-refractivity contribution in [2.75, 3.05) is 19.1 Å². The van der Waals surface area contributed by atoms with E-state index in [-0.39, 0.29) is 22.8 Å². The minimum atomic E-state index is -0.866. The van der Waals surface area contributed by atoms with E-state index in [0.29, 0.717) is 21.9 Å². The van der Waals surface area contributed by atoms with Gasteiger partial charge in [-0.05, 0) is 72.3 Å². The lowest BCUT2D eigenvalue weighted by Crippen LogP contribution is -2.54. The molecule has 1 N–H and O–H groups in total. The van der Waals surface area contributed by atoms with E-state index in [1.165, 1.54) is 62.8 Å². The first-order valence-corrected chi connectivity index (χ1v) is 10.9. The molecule has 4 amide bonds. The summed E-state index contributed by atoms with van der Waals surface area (Å²) in [5.41, 5.74) is 0.693. The molecule has 1 aliphatic heterocycles. The van der Waals surface area contributed by atoms with Crippen molar-refractivity contribution in [3.05, 3.63) is 88.5 Å². The largest absolute Gasteiger partial charge is 0.497 e. The zero-order valence-electron chi connectivity index (χ0n) is 19.1. The van der Waals surface area contributed by atoms with Crippen molar-refractivity contribution in [2.45, 2.75) is 0 Å². The third-order valence-electron chi connectivity index (χ3n) is 5.21. The number of imide groups is 2. The van der Waals surface area contributed by atoms with Crippen molar-refractivity contribution >= 4 is 47.2 Å². The number of hydrogen-bond donors (Lipinski definition) is 1. The van der Waals surface area contributed by atoms with Crippen molar-refractivity contribution in [2.24, 2.45) is 0 Å². The van der Waals surface area contributed by atoms with Crippen LogP contribution in [0.4, 0.5) is 10.5 Å². The Morgan fingerprint density at radius 1 is 0.889 bits per heavy atom. The fourth-order valence-electron chi connectivity index (χ4n) is 3.39. The van der Waals surface area contributed by atoms with Crippen molar-refractivity contribution in [3.8, 4) is 17.2 Å². The van der Waals surface area contributed by atoms with E-state index < -0.39 is 23.8 Å². The van der Waals surface area contributed by atoms with E-state index in [1.54, 1.807) is 24.3 Å². The van der Waals surface area contributed by atoms with Gasteiger partial charge in [-0.2, -0.15) is 0 Å². The molecule has 0 bridgehead atoms. The zero-order chi connectivity index (χ0) is 25.8. The van der Waals surface area contributed by atoms with Crippen LogP contribution in [0, 0.1) is 0 Å². The quantitative estimate of drug-likeness (QED) is 0.230. The molecule has 1 saturated heterocycles. The molecule has 0 spiro atoms. The number of urea groups is 1. The Morgan fingerprint density at radius 2 is 1.58 bits per heavy atom. The molecule has 36 heavy (non-hydrogen) atoms. The molecule has 0 saturated carbocycles. The minimum absolute atomic E-state index is 0.133. The van der Waals surface area contributed by atoms with Gasteiger partial charge >= 0.3 is 12.0 Å². The second-order valence-electron chi connectivity index (χ2n) is 7.46. The fourth-order valence-corrected chi connectivity index (χ4v) is 3.52. The SMILES string of the molecule is COc1ccc(N2C(=O)NC(=O)/C(=C\c3ccc(OC(=O)c4ccc(Cl)cc4)c(OC)c3)C2=O)cc1. The first-order chi connectivity index (χ1) is 17.3. The monoisotopic (exact) mass is 506 g/mol. The summed E-state index contributed by atoms with van der Waals surface area (Å²) in [4.78, 5) is 51.2. The number of methoxy groups -OCH3 is 2. The van der Waals surface area contributed by atoms with Crippen LogP contribution in [-0.4, -0.2) is 38.0 Å². The molecular formula is C26H19ClN2O7. The van der Waals surface area contributed by atoms with E-state index in [4.69, 9.17) is 25.8 Å². The number of nitrogens with zero attached hydrogens (tertiary/aromatic N) is 1. The summed E-state index contributed by atoms with van der Waals surface area (Å²) in [5, 5.41) is 2.64. The topological polar surface area (TPSA) is 111 Å². The Morgan fingerprint density at radius 3 is 2.22 bits per heavy atom. The summed E-state index contributed by atoms with van der Waals surface area (Å²) < 4.78 is 15.8. The van der Waals surface area contributed by atoms with Gasteiger partial charge in [0.05, 0.1) is 25.5 Å². The fraction of sp³-hybridized carbons (Fsp3) is 0.0769. The van der Waals surface area contributed by atoms with Gasteiger partial charge < -0.3 is 14.2 Å². The van der Waals surface area contributed by atoms with Gasteiger partial charge in [-0.25, -0.2) is 14.5 Å². The summed E-state index contributed by atoms with van der Waals surface area (Å²) >= 11 is 5.85. The molecule has 3 aromatic rings. The first kappa shape index (κ1) is 24.5. The highest BCUT2D eigenvalue weighted by molar-refractivity contribution is 6.39. The first-order valence-electron chi connectivity index (χ1n) is 10.5. The lowest BCUT2D eigenvalue weighted by atomic mass is 10.1. The number of hydrogen-bond acceptors (Lipinski definition) is 7. The van der Waals surface area contributed by atoms with Crippen LogP contribution in [0.3, 0.4) is 0 Å². The average molecular weight is 507 g/mol. The number of rotatable bonds is 6. The Labute approximate surface area is 210 Å². The molecule has 10 heteroatoms. The molecular weight excluding hydrogens is 488 g/mol. The third-order valence-corrected chi connectivity index (χ3v) is 5.47. The summed E-state index contributed by atoms with van der Waals surface area (Å²) in [6, 6.07) is 16.0. The van der Waals surface area contributed by atoms with Crippen molar-refractivity contribution in [1.82, 2.24) is 5.32 Å². The number of ether oxygens (including phenoxy) is 3. The highest BCUT2D eigenvalue weighted by Crippen LogP contribution is 2.31. The van der Waals surface area contributed by atoms with Crippen molar-refractivity contribution in [3.63, 3.8) is 0 Å².